The van der Waals surface area contributed by atoms with E-state index >= 15 is 0 Å². The topological polar surface area (TPSA) is 71.6 Å². The van der Waals surface area contributed by atoms with Crippen LogP contribution >= 0.6 is 0 Å². The van der Waals surface area contributed by atoms with Gasteiger partial charge in [-0.25, -0.2) is 5.43 Å². The Bertz CT molecular complexity index is 731. The largest absolute Gasteiger partial charge is 0.497 e. The second-order valence-electron chi connectivity index (χ2n) is 6.47. The number of carbonyl (C=O) groups is 1. The van der Waals surface area contributed by atoms with Gasteiger partial charge in [0.1, 0.15) is 11.5 Å². The van der Waals surface area contributed by atoms with Crippen molar-refractivity contribution in [3.63, 3.8) is 0 Å². The molecule has 6 heteroatoms. The second kappa shape index (κ2) is 8.21. The minimum Gasteiger partial charge on any atom is -0.497 e. The molecule has 138 valence electrons. The molecule has 3 N–H and O–H groups in total. The summed E-state index contributed by atoms with van der Waals surface area (Å²) in [5, 5.41) is 2.96. The molecule has 1 saturated heterocycles. The molecule has 0 radical (unpaired) electrons. The zero-order valence-electron chi connectivity index (χ0n) is 15.3. The first kappa shape index (κ1) is 18.2. The standard InChI is InChI=1S/C20H25N3O3/c1-13-18(12-19(24)21-15-6-10-17(26-3)11-7-15)20(23-22-13)14-4-8-16(25-2)9-5-14/h4-11,13,18,20,22-23H,12H2,1-3H3,(H,21,24). The predicted octanol–water partition coefficient (Wildman–Crippen LogP) is 2.89. The lowest BCUT2D eigenvalue weighted by molar-refractivity contribution is -0.117. The highest BCUT2D eigenvalue weighted by Gasteiger charge is 2.35. The van der Waals surface area contributed by atoms with Crippen LogP contribution in [-0.4, -0.2) is 26.2 Å². The lowest BCUT2D eigenvalue weighted by atomic mass is 9.87. The van der Waals surface area contributed by atoms with Crippen molar-refractivity contribution in [1.29, 1.82) is 0 Å². The van der Waals surface area contributed by atoms with Crippen LogP contribution in [-0.2, 0) is 4.79 Å². The molecule has 1 aliphatic heterocycles. The zero-order chi connectivity index (χ0) is 18.5. The van der Waals surface area contributed by atoms with Gasteiger partial charge < -0.3 is 14.8 Å². The van der Waals surface area contributed by atoms with E-state index in [1.807, 2.05) is 48.5 Å². The van der Waals surface area contributed by atoms with Gasteiger partial charge in [0, 0.05) is 24.1 Å². The molecule has 2 aromatic rings. The van der Waals surface area contributed by atoms with Gasteiger partial charge in [0.2, 0.25) is 5.91 Å². The molecular formula is C20H25N3O3. The van der Waals surface area contributed by atoms with Crippen LogP contribution in [0.2, 0.25) is 0 Å². The summed E-state index contributed by atoms with van der Waals surface area (Å²) >= 11 is 0. The highest BCUT2D eigenvalue weighted by molar-refractivity contribution is 5.91. The van der Waals surface area contributed by atoms with Crippen molar-refractivity contribution < 1.29 is 14.3 Å². The number of hydrogen-bond acceptors (Lipinski definition) is 5. The molecule has 3 unspecified atom stereocenters. The van der Waals surface area contributed by atoms with Gasteiger partial charge in [-0.15, -0.1) is 0 Å². The second-order valence-corrected chi connectivity index (χ2v) is 6.47. The fourth-order valence-electron chi connectivity index (χ4n) is 3.26. The van der Waals surface area contributed by atoms with E-state index in [9.17, 15) is 4.79 Å². The van der Waals surface area contributed by atoms with Crippen molar-refractivity contribution in [2.24, 2.45) is 5.92 Å². The maximum atomic E-state index is 12.5. The number of benzene rings is 2. The van der Waals surface area contributed by atoms with E-state index in [1.165, 1.54) is 0 Å². The summed E-state index contributed by atoms with van der Waals surface area (Å²) in [4.78, 5) is 12.5. The van der Waals surface area contributed by atoms with Gasteiger partial charge in [-0.05, 0) is 48.9 Å². The lowest BCUT2D eigenvalue weighted by Crippen LogP contribution is -2.29. The van der Waals surface area contributed by atoms with Crippen molar-refractivity contribution >= 4 is 11.6 Å². The Morgan fingerprint density at radius 1 is 0.962 bits per heavy atom. The van der Waals surface area contributed by atoms with Crippen molar-refractivity contribution in [1.82, 2.24) is 10.9 Å². The molecular weight excluding hydrogens is 330 g/mol. The molecule has 26 heavy (non-hydrogen) atoms. The average Bonchev–Trinajstić information content (AvgIpc) is 3.03. The van der Waals surface area contributed by atoms with Gasteiger partial charge in [-0.1, -0.05) is 12.1 Å². The Balaban J connectivity index is 1.65. The molecule has 1 heterocycles. The Morgan fingerprint density at radius 3 is 2.12 bits per heavy atom. The van der Waals surface area contributed by atoms with Gasteiger partial charge in [0.25, 0.3) is 0 Å². The van der Waals surface area contributed by atoms with Crippen LogP contribution in [0.4, 0.5) is 5.69 Å². The molecule has 0 aliphatic carbocycles. The summed E-state index contributed by atoms with van der Waals surface area (Å²) < 4.78 is 10.4. The molecule has 0 saturated carbocycles. The van der Waals surface area contributed by atoms with E-state index in [0.717, 1.165) is 22.7 Å². The van der Waals surface area contributed by atoms with Crippen molar-refractivity contribution in [3.05, 3.63) is 54.1 Å². The maximum absolute atomic E-state index is 12.5. The first-order chi connectivity index (χ1) is 12.6. The van der Waals surface area contributed by atoms with E-state index in [-0.39, 0.29) is 23.9 Å². The number of ether oxygens (including phenoxy) is 2. The summed E-state index contributed by atoms with van der Waals surface area (Å²) in [6.45, 7) is 2.09. The number of amides is 1. The summed E-state index contributed by atoms with van der Waals surface area (Å²) in [7, 11) is 3.27. The predicted molar refractivity (Wildman–Crippen MR) is 101 cm³/mol. The van der Waals surface area contributed by atoms with Crippen LogP contribution < -0.4 is 25.6 Å². The molecule has 1 fully saturated rings. The fraction of sp³-hybridized carbons (Fsp3) is 0.350. The van der Waals surface area contributed by atoms with Crippen LogP contribution in [0.15, 0.2) is 48.5 Å². The monoisotopic (exact) mass is 355 g/mol. The number of hydrogen-bond donors (Lipinski definition) is 3. The molecule has 1 aliphatic rings. The smallest absolute Gasteiger partial charge is 0.224 e. The summed E-state index contributed by atoms with van der Waals surface area (Å²) in [6.07, 6.45) is 0.421. The van der Waals surface area contributed by atoms with Gasteiger partial charge in [0.05, 0.1) is 20.3 Å². The molecule has 3 rings (SSSR count). The Morgan fingerprint density at radius 2 is 1.54 bits per heavy atom. The van der Waals surface area contributed by atoms with E-state index in [4.69, 9.17) is 9.47 Å². The van der Waals surface area contributed by atoms with Crippen LogP contribution in [0.5, 0.6) is 11.5 Å². The Hall–Kier alpha value is -2.57. The average molecular weight is 355 g/mol. The minimum absolute atomic E-state index is 0.00368. The quantitative estimate of drug-likeness (QED) is 0.743. The summed E-state index contributed by atoms with van der Waals surface area (Å²) in [5.41, 5.74) is 8.46. The number of carbonyl (C=O) groups excluding carboxylic acids is 1. The zero-order valence-corrected chi connectivity index (χ0v) is 15.3. The van der Waals surface area contributed by atoms with E-state index < -0.39 is 0 Å². The van der Waals surface area contributed by atoms with Crippen LogP contribution in [0.1, 0.15) is 24.9 Å². The minimum atomic E-state index is -0.00368. The third-order valence-corrected chi connectivity index (χ3v) is 4.81. The van der Waals surface area contributed by atoms with Crippen molar-refractivity contribution in [2.45, 2.75) is 25.4 Å². The van der Waals surface area contributed by atoms with Crippen LogP contribution in [0, 0.1) is 5.92 Å². The van der Waals surface area contributed by atoms with Gasteiger partial charge >= 0.3 is 0 Å². The Kier molecular flexibility index (Phi) is 5.75. The molecule has 6 nitrogen and oxygen atoms in total. The first-order valence-corrected chi connectivity index (χ1v) is 8.69. The SMILES string of the molecule is COc1ccc(NC(=O)CC2C(C)NNC2c2ccc(OC)cc2)cc1. The van der Waals surface area contributed by atoms with Crippen LogP contribution in [0.25, 0.3) is 0 Å². The van der Waals surface area contributed by atoms with Gasteiger partial charge in [0.15, 0.2) is 0 Å². The molecule has 3 atom stereocenters. The summed E-state index contributed by atoms with van der Waals surface area (Å²) in [5.74, 6) is 1.72. The van der Waals surface area contributed by atoms with E-state index in [1.54, 1.807) is 14.2 Å². The molecule has 1 amide bonds. The highest BCUT2D eigenvalue weighted by Crippen LogP contribution is 2.32. The number of hydrazine groups is 1. The van der Waals surface area contributed by atoms with Crippen LogP contribution in [0.3, 0.4) is 0 Å². The first-order valence-electron chi connectivity index (χ1n) is 8.69. The lowest BCUT2D eigenvalue weighted by Gasteiger charge is -2.21. The summed E-state index contributed by atoms with van der Waals surface area (Å²) in [6, 6.07) is 15.5. The molecule has 2 aromatic carbocycles. The molecule has 0 bridgehead atoms. The fourth-order valence-corrected chi connectivity index (χ4v) is 3.26. The van der Waals surface area contributed by atoms with E-state index in [0.29, 0.717) is 6.42 Å². The van der Waals surface area contributed by atoms with Gasteiger partial charge in [-0.2, -0.15) is 0 Å². The number of nitrogens with one attached hydrogen (secondary N) is 3. The maximum Gasteiger partial charge on any atom is 0.224 e. The van der Waals surface area contributed by atoms with Crippen molar-refractivity contribution in [3.8, 4) is 11.5 Å². The van der Waals surface area contributed by atoms with Crippen molar-refractivity contribution in [2.75, 3.05) is 19.5 Å². The molecule has 0 aromatic heterocycles. The van der Waals surface area contributed by atoms with E-state index in [2.05, 4.69) is 23.1 Å². The molecule has 0 spiro atoms. The Labute approximate surface area is 153 Å². The third-order valence-electron chi connectivity index (χ3n) is 4.81. The number of anilines is 1. The number of rotatable bonds is 6. The normalized spacial score (nSPS) is 22.0. The highest BCUT2D eigenvalue weighted by atomic mass is 16.5. The number of methoxy groups -OCH3 is 2. The van der Waals surface area contributed by atoms with Gasteiger partial charge in [-0.3, -0.25) is 10.2 Å². The third kappa shape index (κ3) is 4.15.